The molecule has 1 saturated heterocycles. The Kier molecular flexibility index (Phi) is 5.31. The van der Waals surface area contributed by atoms with Crippen molar-refractivity contribution in [3.05, 3.63) is 64.7 Å². The molecule has 1 aliphatic heterocycles. The number of hydrogen-bond donors (Lipinski definition) is 1. The second-order valence-electron chi connectivity index (χ2n) is 6.00. The van der Waals surface area contributed by atoms with Gasteiger partial charge in [0.05, 0.1) is 0 Å². The summed E-state index contributed by atoms with van der Waals surface area (Å²) in [6.45, 7) is 3.28. The van der Waals surface area contributed by atoms with Crippen LogP contribution in [0.15, 0.2) is 48.5 Å². The fourth-order valence-corrected chi connectivity index (χ4v) is 3.15. The lowest BCUT2D eigenvalue weighted by Crippen LogP contribution is -2.29. The number of piperidine rings is 1. The molecule has 0 radical (unpaired) electrons. The minimum atomic E-state index is -0.136. The molecule has 1 heterocycles. The minimum absolute atomic E-state index is 0.136. The SMILES string of the molecule is O=C(Nc1cccc(CN2CCCCC2)c1)c1cccc(Cl)c1. The summed E-state index contributed by atoms with van der Waals surface area (Å²) in [6, 6.07) is 15.1. The number of hydrogen-bond acceptors (Lipinski definition) is 2. The maximum Gasteiger partial charge on any atom is 0.255 e. The highest BCUT2D eigenvalue weighted by molar-refractivity contribution is 6.31. The first-order valence-electron chi connectivity index (χ1n) is 8.09. The van der Waals surface area contributed by atoms with Gasteiger partial charge in [0.1, 0.15) is 0 Å². The van der Waals surface area contributed by atoms with Crippen molar-refractivity contribution in [2.75, 3.05) is 18.4 Å². The average Bonchev–Trinajstić information content (AvgIpc) is 2.56. The van der Waals surface area contributed by atoms with Crippen molar-refractivity contribution >= 4 is 23.2 Å². The first kappa shape index (κ1) is 16.0. The normalized spacial score (nSPS) is 15.3. The molecular weight excluding hydrogens is 308 g/mol. The molecule has 0 unspecified atom stereocenters. The molecule has 0 aliphatic carbocycles. The Morgan fingerprint density at radius 2 is 1.83 bits per heavy atom. The maximum atomic E-state index is 12.3. The van der Waals surface area contributed by atoms with E-state index in [-0.39, 0.29) is 5.91 Å². The number of benzene rings is 2. The highest BCUT2D eigenvalue weighted by Crippen LogP contribution is 2.17. The zero-order valence-electron chi connectivity index (χ0n) is 13.1. The number of nitrogens with zero attached hydrogens (tertiary/aromatic N) is 1. The van der Waals surface area contributed by atoms with E-state index in [1.165, 1.54) is 37.9 Å². The molecule has 0 aromatic heterocycles. The van der Waals surface area contributed by atoms with E-state index in [1.807, 2.05) is 12.1 Å². The molecule has 0 atom stereocenters. The van der Waals surface area contributed by atoms with Crippen LogP contribution in [0.5, 0.6) is 0 Å². The molecule has 4 heteroatoms. The number of carbonyl (C=O) groups is 1. The summed E-state index contributed by atoms with van der Waals surface area (Å²) < 4.78 is 0. The van der Waals surface area contributed by atoms with Crippen molar-refractivity contribution in [2.45, 2.75) is 25.8 Å². The van der Waals surface area contributed by atoms with E-state index in [9.17, 15) is 4.79 Å². The number of anilines is 1. The summed E-state index contributed by atoms with van der Waals surface area (Å²) in [4.78, 5) is 14.8. The second-order valence-corrected chi connectivity index (χ2v) is 6.44. The average molecular weight is 329 g/mol. The molecule has 0 saturated carbocycles. The Labute approximate surface area is 142 Å². The number of rotatable bonds is 4. The van der Waals surface area contributed by atoms with Gasteiger partial charge in [-0.05, 0) is 61.8 Å². The largest absolute Gasteiger partial charge is 0.322 e. The Hall–Kier alpha value is -1.84. The summed E-state index contributed by atoms with van der Waals surface area (Å²) in [5.74, 6) is -0.136. The standard InChI is InChI=1S/C19H21ClN2O/c20-17-8-5-7-16(13-17)19(23)21-18-9-4-6-15(12-18)14-22-10-2-1-3-11-22/h4-9,12-13H,1-3,10-11,14H2,(H,21,23). The molecule has 1 amide bonds. The van der Waals surface area contributed by atoms with Crippen LogP contribution < -0.4 is 5.32 Å². The van der Waals surface area contributed by atoms with Gasteiger partial charge < -0.3 is 5.32 Å². The van der Waals surface area contributed by atoms with Gasteiger partial charge in [-0.3, -0.25) is 9.69 Å². The fourth-order valence-electron chi connectivity index (χ4n) is 2.96. The van der Waals surface area contributed by atoms with Gasteiger partial charge in [-0.25, -0.2) is 0 Å². The third-order valence-corrected chi connectivity index (χ3v) is 4.36. The van der Waals surface area contributed by atoms with Crippen molar-refractivity contribution in [3.8, 4) is 0 Å². The predicted molar refractivity (Wildman–Crippen MR) is 95.0 cm³/mol. The lowest BCUT2D eigenvalue weighted by Gasteiger charge is -2.26. The number of nitrogens with one attached hydrogen (secondary N) is 1. The predicted octanol–water partition coefficient (Wildman–Crippen LogP) is 4.58. The van der Waals surface area contributed by atoms with Crippen LogP contribution >= 0.6 is 11.6 Å². The van der Waals surface area contributed by atoms with E-state index in [1.54, 1.807) is 24.3 Å². The van der Waals surface area contributed by atoms with Crippen LogP contribution in [-0.2, 0) is 6.54 Å². The number of halogens is 1. The van der Waals surface area contributed by atoms with Crippen LogP contribution in [0.4, 0.5) is 5.69 Å². The van der Waals surface area contributed by atoms with Crippen LogP contribution in [0.1, 0.15) is 35.2 Å². The Balaban J connectivity index is 1.66. The van der Waals surface area contributed by atoms with Crippen molar-refractivity contribution in [1.29, 1.82) is 0 Å². The number of likely N-dealkylation sites (tertiary alicyclic amines) is 1. The summed E-state index contributed by atoms with van der Waals surface area (Å²) >= 11 is 5.94. The van der Waals surface area contributed by atoms with Crippen molar-refractivity contribution in [1.82, 2.24) is 4.90 Å². The van der Waals surface area contributed by atoms with Crippen LogP contribution in [0.3, 0.4) is 0 Å². The van der Waals surface area contributed by atoms with Gasteiger partial charge in [0, 0.05) is 22.8 Å². The third kappa shape index (κ3) is 4.57. The highest BCUT2D eigenvalue weighted by atomic mass is 35.5. The lowest BCUT2D eigenvalue weighted by molar-refractivity contribution is 0.102. The van der Waals surface area contributed by atoms with Gasteiger partial charge in [0.15, 0.2) is 0 Å². The molecule has 2 aromatic rings. The van der Waals surface area contributed by atoms with E-state index < -0.39 is 0 Å². The smallest absolute Gasteiger partial charge is 0.255 e. The molecule has 1 fully saturated rings. The second kappa shape index (κ2) is 7.62. The molecule has 3 rings (SSSR count). The molecule has 0 bridgehead atoms. The topological polar surface area (TPSA) is 32.3 Å². The zero-order valence-corrected chi connectivity index (χ0v) is 13.9. The summed E-state index contributed by atoms with van der Waals surface area (Å²) in [5.41, 5.74) is 2.62. The first-order valence-corrected chi connectivity index (χ1v) is 8.47. The highest BCUT2D eigenvalue weighted by Gasteiger charge is 2.11. The van der Waals surface area contributed by atoms with Crippen LogP contribution in [0, 0.1) is 0 Å². The van der Waals surface area contributed by atoms with Crippen LogP contribution in [0.2, 0.25) is 5.02 Å². The monoisotopic (exact) mass is 328 g/mol. The van der Waals surface area contributed by atoms with E-state index >= 15 is 0 Å². The van der Waals surface area contributed by atoms with Crippen LogP contribution in [0.25, 0.3) is 0 Å². The van der Waals surface area contributed by atoms with E-state index in [2.05, 4.69) is 22.3 Å². The molecule has 3 nitrogen and oxygen atoms in total. The van der Waals surface area contributed by atoms with Crippen LogP contribution in [-0.4, -0.2) is 23.9 Å². The van der Waals surface area contributed by atoms with E-state index in [0.29, 0.717) is 10.6 Å². The number of amides is 1. The Morgan fingerprint density at radius 3 is 2.61 bits per heavy atom. The number of carbonyl (C=O) groups excluding carboxylic acids is 1. The third-order valence-electron chi connectivity index (χ3n) is 4.13. The van der Waals surface area contributed by atoms with E-state index in [0.717, 1.165) is 12.2 Å². The molecule has 0 spiro atoms. The van der Waals surface area contributed by atoms with E-state index in [4.69, 9.17) is 11.6 Å². The summed E-state index contributed by atoms with van der Waals surface area (Å²) in [7, 11) is 0. The van der Waals surface area contributed by atoms with Gasteiger partial charge >= 0.3 is 0 Å². The molecular formula is C19H21ClN2O. The Morgan fingerprint density at radius 1 is 1.04 bits per heavy atom. The molecule has 120 valence electrons. The van der Waals surface area contributed by atoms with Gasteiger partial charge in [-0.1, -0.05) is 36.2 Å². The zero-order chi connectivity index (χ0) is 16.1. The van der Waals surface area contributed by atoms with Crippen molar-refractivity contribution < 1.29 is 4.79 Å². The van der Waals surface area contributed by atoms with Gasteiger partial charge in [0.2, 0.25) is 0 Å². The molecule has 23 heavy (non-hydrogen) atoms. The van der Waals surface area contributed by atoms with Crippen molar-refractivity contribution in [3.63, 3.8) is 0 Å². The lowest BCUT2D eigenvalue weighted by atomic mass is 10.1. The van der Waals surface area contributed by atoms with Gasteiger partial charge in [-0.2, -0.15) is 0 Å². The molecule has 1 N–H and O–H groups in total. The fraction of sp³-hybridized carbons (Fsp3) is 0.316. The first-order chi connectivity index (χ1) is 11.2. The summed E-state index contributed by atoms with van der Waals surface area (Å²) in [6.07, 6.45) is 3.91. The molecule has 2 aromatic carbocycles. The van der Waals surface area contributed by atoms with Gasteiger partial charge in [0.25, 0.3) is 5.91 Å². The quantitative estimate of drug-likeness (QED) is 0.891. The Bertz CT molecular complexity index is 681. The van der Waals surface area contributed by atoms with Crippen molar-refractivity contribution in [2.24, 2.45) is 0 Å². The minimum Gasteiger partial charge on any atom is -0.322 e. The molecule has 1 aliphatic rings. The van der Waals surface area contributed by atoms with Gasteiger partial charge in [-0.15, -0.1) is 0 Å². The summed E-state index contributed by atoms with van der Waals surface area (Å²) in [5, 5.41) is 3.51. The maximum absolute atomic E-state index is 12.3.